The maximum Gasteiger partial charge on any atom is 0.416 e. The van der Waals surface area contributed by atoms with E-state index in [9.17, 15) is 26.4 Å². The van der Waals surface area contributed by atoms with Crippen molar-refractivity contribution in [1.29, 1.82) is 0 Å². The number of anilines is 1. The maximum absolute atomic E-state index is 12.8. The number of carbonyl (C=O) groups excluding carboxylic acids is 1. The second kappa shape index (κ2) is 6.92. The van der Waals surface area contributed by atoms with E-state index in [1.54, 1.807) is 12.1 Å². The van der Waals surface area contributed by atoms with Gasteiger partial charge in [0.05, 0.1) is 21.2 Å². The van der Waals surface area contributed by atoms with Gasteiger partial charge >= 0.3 is 6.18 Å². The quantitative estimate of drug-likeness (QED) is 0.811. The maximum atomic E-state index is 12.8. The first-order valence-corrected chi connectivity index (χ1v) is 9.21. The number of sulfone groups is 1. The summed E-state index contributed by atoms with van der Waals surface area (Å²) in [5, 5.41) is 2.66. The third-order valence-electron chi connectivity index (χ3n) is 3.83. The molecule has 0 saturated carbocycles. The van der Waals surface area contributed by atoms with E-state index in [1.165, 1.54) is 26.0 Å². The number of hydrogen-bond donors (Lipinski definition) is 1. The largest absolute Gasteiger partial charge is 0.416 e. The number of nitrogens with one attached hydrogen (secondary N) is 1. The number of carbonyl (C=O) groups is 1. The Hall–Kier alpha value is -2.06. The Morgan fingerprint density at radius 1 is 1.00 bits per heavy atom. The van der Waals surface area contributed by atoms with Crippen molar-refractivity contribution in [3.63, 3.8) is 0 Å². The molecule has 2 rings (SSSR count). The van der Waals surface area contributed by atoms with Crippen LogP contribution in [-0.4, -0.2) is 19.1 Å². The van der Waals surface area contributed by atoms with E-state index in [0.717, 1.165) is 12.1 Å². The predicted octanol–water partition coefficient (Wildman–Crippen LogP) is 4.55. The van der Waals surface area contributed by atoms with Gasteiger partial charge in [0.25, 0.3) is 0 Å². The highest BCUT2D eigenvalue weighted by Crippen LogP contribution is 2.32. The summed E-state index contributed by atoms with van der Waals surface area (Å²) in [4.78, 5) is 12.1. The van der Waals surface area contributed by atoms with Crippen molar-refractivity contribution < 1.29 is 26.4 Å². The molecule has 0 aromatic heterocycles. The number of alkyl halides is 3. The molecule has 2 aromatic carbocycles. The molecule has 0 bridgehead atoms. The van der Waals surface area contributed by atoms with E-state index in [4.69, 9.17) is 11.6 Å². The van der Waals surface area contributed by atoms with Gasteiger partial charge in [0, 0.05) is 0 Å². The average Bonchev–Trinajstić information content (AvgIpc) is 2.56. The van der Waals surface area contributed by atoms with E-state index < -0.39 is 32.2 Å². The molecule has 0 aliphatic rings. The molecule has 0 fully saturated rings. The minimum Gasteiger partial charge on any atom is -0.323 e. The Morgan fingerprint density at radius 3 is 2.04 bits per heavy atom. The van der Waals surface area contributed by atoms with Gasteiger partial charge in [0.15, 0.2) is 9.84 Å². The van der Waals surface area contributed by atoms with Gasteiger partial charge in [0.1, 0.15) is 4.75 Å². The molecular formula is C17H15ClF3NO3S. The second-order valence-corrected chi connectivity index (χ2v) is 8.88. The fraction of sp³-hybridized carbons (Fsp3) is 0.235. The van der Waals surface area contributed by atoms with Crippen LogP contribution in [0.1, 0.15) is 19.4 Å². The average molecular weight is 406 g/mol. The van der Waals surface area contributed by atoms with Crippen molar-refractivity contribution in [2.75, 3.05) is 5.32 Å². The minimum atomic E-state index is -4.58. The molecule has 2 aromatic rings. The van der Waals surface area contributed by atoms with Crippen LogP contribution in [0.5, 0.6) is 0 Å². The summed E-state index contributed by atoms with van der Waals surface area (Å²) in [6.07, 6.45) is -4.58. The first-order chi connectivity index (χ1) is 11.9. The van der Waals surface area contributed by atoms with Crippen molar-refractivity contribution in [2.45, 2.75) is 29.7 Å². The Labute approximate surface area is 153 Å². The second-order valence-electron chi connectivity index (χ2n) is 5.97. The lowest BCUT2D eigenvalue weighted by Crippen LogP contribution is -2.44. The van der Waals surface area contributed by atoms with Gasteiger partial charge in [-0.2, -0.15) is 13.2 Å². The first kappa shape index (κ1) is 20.3. The van der Waals surface area contributed by atoms with Crippen LogP contribution in [0.4, 0.5) is 18.9 Å². The summed E-state index contributed by atoms with van der Waals surface area (Å²) >= 11 is 5.94. The highest BCUT2D eigenvalue weighted by atomic mass is 35.5. The van der Waals surface area contributed by atoms with Crippen LogP contribution < -0.4 is 5.32 Å². The third kappa shape index (κ3) is 3.86. The summed E-state index contributed by atoms with van der Waals surface area (Å²) in [7, 11) is -4.26. The van der Waals surface area contributed by atoms with E-state index in [0.29, 0.717) is 12.1 Å². The zero-order valence-corrected chi connectivity index (χ0v) is 15.3. The lowest BCUT2D eigenvalue weighted by Gasteiger charge is -2.24. The first-order valence-electron chi connectivity index (χ1n) is 7.35. The molecule has 0 atom stereocenters. The van der Waals surface area contributed by atoms with Crippen LogP contribution in [0.15, 0.2) is 53.4 Å². The fourth-order valence-electron chi connectivity index (χ4n) is 2.08. The molecule has 1 N–H and O–H groups in total. The molecule has 9 heteroatoms. The molecule has 0 aliphatic heterocycles. The van der Waals surface area contributed by atoms with Gasteiger partial charge < -0.3 is 5.32 Å². The van der Waals surface area contributed by atoms with Gasteiger partial charge in [-0.1, -0.05) is 23.7 Å². The van der Waals surface area contributed by atoms with Crippen molar-refractivity contribution in [2.24, 2.45) is 0 Å². The van der Waals surface area contributed by atoms with Crippen LogP contribution in [0.2, 0.25) is 5.02 Å². The summed E-state index contributed by atoms with van der Waals surface area (Å²) in [5.74, 6) is -0.856. The third-order valence-corrected chi connectivity index (χ3v) is 6.58. The molecule has 26 heavy (non-hydrogen) atoms. The SMILES string of the molecule is CC(C)(C(=O)Nc1ccccc1Cl)S(=O)(=O)c1ccc(C(F)(F)F)cc1. The molecule has 1 amide bonds. The van der Waals surface area contributed by atoms with E-state index in [1.807, 2.05) is 0 Å². The highest BCUT2D eigenvalue weighted by molar-refractivity contribution is 7.93. The Balaban J connectivity index is 2.34. The molecule has 0 heterocycles. The minimum absolute atomic E-state index is 0.226. The lowest BCUT2D eigenvalue weighted by atomic mass is 10.2. The zero-order valence-electron chi connectivity index (χ0n) is 13.8. The van der Waals surface area contributed by atoms with Crippen LogP contribution in [0, 0.1) is 0 Å². The molecule has 0 radical (unpaired) electrons. The van der Waals surface area contributed by atoms with Crippen molar-refractivity contribution >= 4 is 33.0 Å². The van der Waals surface area contributed by atoms with Crippen LogP contribution in [-0.2, 0) is 20.8 Å². The van der Waals surface area contributed by atoms with Gasteiger partial charge in [0.2, 0.25) is 5.91 Å². The van der Waals surface area contributed by atoms with Gasteiger partial charge in [-0.05, 0) is 50.2 Å². The van der Waals surface area contributed by atoms with Gasteiger partial charge in [-0.3, -0.25) is 4.79 Å². The van der Waals surface area contributed by atoms with E-state index >= 15 is 0 Å². The number of hydrogen-bond acceptors (Lipinski definition) is 3. The van der Waals surface area contributed by atoms with Crippen LogP contribution in [0.25, 0.3) is 0 Å². The highest BCUT2D eigenvalue weighted by Gasteiger charge is 2.43. The summed E-state index contributed by atoms with van der Waals surface area (Å²) in [5.41, 5.74) is -0.746. The van der Waals surface area contributed by atoms with E-state index in [2.05, 4.69) is 5.32 Å². The Morgan fingerprint density at radius 2 is 1.54 bits per heavy atom. The fourth-order valence-corrected chi connectivity index (χ4v) is 3.64. The number of halogens is 4. The van der Waals surface area contributed by atoms with Crippen LogP contribution >= 0.6 is 11.6 Å². The lowest BCUT2D eigenvalue weighted by molar-refractivity contribution is -0.137. The smallest absolute Gasteiger partial charge is 0.323 e. The summed E-state index contributed by atoms with van der Waals surface area (Å²) < 4.78 is 61.5. The number of amides is 1. The number of para-hydroxylation sites is 1. The molecule has 0 unspecified atom stereocenters. The Kier molecular flexibility index (Phi) is 5.39. The topological polar surface area (TPSA) is 63.2 Å². The van der Waals surface area contributed by atoms with Gasteiger partial charge in [-0.25, -0.2) is 8.42 Å². The van der Waals surface area contributed by atoms with Gasteiger partial charge in [-0.15, -0.1) is 0 Å². The molecule has 0 aliphatic carbocycles. The summed E-state index contributed by atoms with van der Waals surface area (Å²) in [6, 6.07) is 9.27. The Bertz CT molecular complexity index is 923. The number of benzene rings is 2. The number of rotatable bonds is 4. The van der Waals surface area contributed by atoms with Crippen molar-refractivity contribution in [3.8, 4) is 0 Å². The molecule has 140 valence electrons. The molecular weight excluding hydrogens is 391 g/mol. The normalized spacial score (nSPS) is 12.7. The standard InChI is InChI=1S/C17H15ClF3NO3S/c1-16(2,15(23)22-14-6-4-3-5-13(14)18)26(24,25)12-9-7-11(8-10-12)17(19,20)21/h3-10H,1-2H3,(H,22,23). The van der Waals surface area contributed by atoms with E-state index in [-0.39, 0.29) is 15.6 Å². The summed E-state index contributed by atoms with van der Waals surface area (Å²) in [6.45, 7) is 2.35. The van der Waals surface area contributed by atoms with Crippen LogP contribution in [0.3, 0.4) is 0 Å². The molecule has 0 saturated heterocycles. The zero-order chi connectivity index (χ0) is 19.8. The van der Waals surface area contributed by atoms with Crippen molar-refractivity contribution in [3.05, 3.63) is 59.1 Å². The molecule has 4 nitrogen and oxygen atoms in total. The monoisotopic (exact) mass is 405 g/mol. The van der Waals surface area contributed by atoms with Crippen molar-refractivity contribution in [1.82, 2.24) is 0 Å². The molecule has 0 spiro atoms. The predicted molar refractivity (Wildman–Crippen MR) is 92.8 cm³/mol.